The Labute approximate surface area is 142 Å². The lowest BCUT2D eigenvalue weighted by Crippen LogP contribution is -2.41. The smallest absolute Gasteiger partial charge is 0.284 e. The van der Waals surface area contributed by atoms with Crippen molar-refractivity contribution < 1.29 is 13.2 Å². The summed E-state index contributed by atoms with van der Waals surface area (Å²) >= 11 is 0. The molecule has 0 aliphatic carbocycles. The van der Waals surface area contributed by atoms with E-state index in [0.29, 0.717) is 37.7 Å². The minimum absolute atomic E-state index is 0.242. The third kappa shape index (κ3) is 3.66. The largest absolute Gasteiger partial charge is 0.378 e. The van der Waals surface area contributed by atoms with Gasteiger partial charge in [0.15, 0.2) is 0 Å². The molecule has 0 bridgehead atoms. The molecule has 24 heavy (non-hydrogen) atoms. The van der Waals surface area contributed by atoms with Crippen molar-refractivity contribution in [3.8, 4) is 0 Å². The molecule has 1 saturated heterocycles. The average Bonchev–Trinajstić information content (AvgIpc) is 2.61. The van der Waals surface area contributed by atoms with Gasteiger partial charge in [0.2, 0.25) is 0 Å². The zero-order chi connectivity index (χ0) is 17.0. The van der Waals surface area contributed by atoms with Gasteiger partial charge in [0, 0.05) is 18.7 Å². The van der Waals surface area contributed by atoms with Gasteiger partial charge in [-0.05, 0) is 18.6 Å². The number of rotatable bonds is 3. The Morgan fingerprint density at radius 3 is 2.29 bits per heavy atom. The third-order valence-electron chi connectivity index (χ3n) is 3.92. The first-order chi connectivity index (χ1) is 11.6. The minimum atomic E-state index is -3.78. The average molecular weight is 344 g/mol. The summed E-state index contributed by atoms with van der Waals surface area (Å²) in [5.74, 6) is 0.474. The molecule has 0 saturated carbocycles. The highest BCUT2D eigenvalue weighted by Gasteiger charge is 2.22. The standard InChI is InChI=1S/C18H20N2O3S/c1-15-7-5-6-10-17(15)24(21,22)19-18(16-8-3-2-4-9-16)20-11-13-23-14-12-20/h2-10H,11-14H2,1H3/b19-18-. The number of sulfonamides is 1. The molecular weight excluding hydrogens is 324 g/mol. The van der Waals surface area contributed by atoms with Gasteiger partial charge in [-0.25, -0.2) is 0 Å². The van der Waals surface area contributed by atoms with Crippen molar-refractivity contribution >= 4 is 15.9 Å². The molecule has 1 heterocycles. The fourth-order valence-electron chi connectivity index (χ4n) is 2.66. The lowest BCUT2D eigenvalue weighted by atomic mass is 10.2. The molecule has 0 N–H and O–H groups in total. The first kappa shape index (κ1) is 16.7. The van der Waals surface area contributed by atoms with E-state index >= 15 is 0 Å². The van der Waals surface area contributed by atoms with Gasteiger partial charge in [0.05, 0.1) is 18.1 Å². The molecule has 0 spiro atoms. The third-order valence-corrected chi connectivity index (χ3v) is 5.35. The van der Waals surface area contributed by atoms with E-state index in [1.165, 1.54) is 0 Å². The van der Waals surface area contributed by atoms with Crippen molar-refractivity contribution in [1.82, 2.24) is 4.90 Å². The van der Waals surface area contributed by atoms with Crippen LogP contribution in [0.5, 0.6) is 0 Å². The van der Waals surface area contributed by atoms with Gasteiger partial charge < -0.3 is 9.64 Å². The van der Waals surface area contributed by atoms with Crippen LogP contribution < -0.4 is 0 Å². The molecule has 1 aliphatic heterocycles. The summed E-state index contributed by atoms with van der Waals surface area (Å²) in [6.45, 7) is 4.15. The lowest BCUT2D eigenvalue weighted by Gasteiger charge is -2.29. The van der Waals surface area contributed by atoms with Crippen LogP contribution in [0.4, 0.5) is 0 Å². The van der Waals surface area contributed by atoms with Crippen LogP contribution in [0, 0.1) is 6.92 Å². The van der Waals surface area contributed by atoms with Crippen LogP contribution in [0.3, 0.4) is 0 Å². The monoisotopic (exact) mass is 344 g/mol. The molecule has 6 heteroatoms. The van der Waals surface area contributed by atoms with Crippen molar-refractivity contribution in [2.45, 2.75) is 11.8 Å². The van der Waals surface area contributed by atoms with Crippen LogP contribution >= 0.6 is 0 Å². The normalized spacial score (nSPS) is 16.2. The Hall–Kier alpha value is -2.18. The SMILES string of the molecule is Cc1ccccc1S(=O)(=O)/N=C(/c1ccccc1)N1CCOCC1. The number of nitrogens with zero attached hydrogens (tertiary/aromatic N) is 2. The Kier molecular flexibility index (Phi) is 4.97. The van der Waals surface area contributed by atoms with Crippen LogP contribution in [0.15, 0.2) is 63.9 Å². The van der Waals surface area contributed by atoms with Crippen molar-refractivity contribution in [1.29, 1.82) is 0 Å². The Morgan fingerprint density at radius 1 is 1.00 bits per heavy atom. The Bertz CT molecular complexity index is 826. The maximum atomic E-state index is 12.8. The van der Waals surface area contributed by atoms with E-state index in [0.717, 1.165) is 5.56 Å². The van der Waals surface area contributed by atoms with E-state index < -0.39 is 10.0 Å². The minimum Gasteiger partial charge on any atom is -0.378 e. The molecule has 126 valence electrons. The summed E-state index contributed by atoms with van der Waals surface area (Å²) in [7, 11) is -3.78. The van der Waals surface area contributed by atoms with Crippen LogP contribution in [0.1, 0.15) is 11.1 Å². The molecule has 1 aliphatic rings. The lowest BCUT2D eigenvalue weighted by molar-refractivity contribution is 0.0683. The number of hydrogen-bond donors (Lipinski definition) is 0. The topological polar surface area (TPSA) is 59.0 Å². The van der Waals surface area contributed by atoms with Crippen LogP contribution in [-0.2, 0) is 14.8 Å². The number of amidine groups is 1. The van der Waals surface area contributed by atoms with E-state index in [4.69, 9.17) is 4.74 Å². The number of aryl methyl sites for hydroxylation is 1. The number of morpholine rings is 1. The van der Waals surface area contributed by atoms with Crippen molar-refractivity contribution in [3.63, 3.8) is 0 Å². The van der Waals surface area contributed by atoms with E-state index in [2.05, 4.69) is 4.40 Å². The zero-order valence-corrected chi connectivity index (χ0v) is 14.4. The number of benzene rings is 2. The van der Waals surface area contributed by atoms with Gasteiger partial charge in [-0.2, -0.15) is 8.42 Å². The second-order valence-electron chi connectivity index (χ2n) is 5.62. The van der Waals surface area contributed by atoms with Crippen LogP contribution in [0.2, 0.25) is 0 Å². The highest BCUT2D eigenvalue weighted by Crippen LogP contribution is 2.19. The summed E-state index contributed by atoms with van der Waals surface area (Å²) in [6.07, 6.45) is 0. The highest BCUT2D eigenvalue weighted by molar-refractivity contribution is 7.90. The van der Waals surface area contributed by atoms with Gasteiger partial charge in [0.25, 0.3) is 10.0 Å². The molecule has 0 amide bonds. The molecule has 2 aromatic rings. The molecule has 5 nitrogen and oxygen atoms in total. The van der Waals surface area contributed by atoms with E-state index in [-0.39, 0.29) is 4.90 Å². The van der Waals surface area contributed by atoms with Crippen LogP contribution in [-0.4, -0.2) is 45.5 Å². The van der Waals surface area contributed by atoms with Gasteiger partial charge >= 0.3 is 0 Å². The molecule has 0 atom stereocenters. The second kappa shape index (κ2) is 7.15. The summed E-state index contributed by atoms with van der Waals surface area (Å²) in [5.41, 5.74) is 1.48. The van der Waals surface area contributed by atoms with Gasteiger partial charge in [-0.1, -0.05) is 48.5 Å². The van der Waals surface area contributed by atoms with E-state index in [1.54, 1.807) is 25.1 Å². The molecule has 0 radical (unpaired) electrons. The van der Waals surface area contributed by atoms with E-state index in [1.807, 2.05) is 41.3 Å². The zero-order valence-electron chi connectivity index (χ0n) is 13.6. The Morgan fingerprint density at radius 2 is 1.62 bits per heavy atom. The predicted octanol–water partition coefficient (Wildman–Crippen LogP) is 2.46. The fourth-order valence-corrected chi connectivity index (χ4v) is 3.94. The van der Waals surface area contributed by atoms with Gasteiger partial charge in [0.1, 0.15) is 5.84 Å². The van der Waals surface area contributed by atoms with E-state index in [9.17, 15) is 8.42 Å². The second-order valence-corrected chi connectivity index (χ2v) is 7.19. The quantitative estimate of drug-likeness (QED) is 0.634. The fraction of sp³-hybridized carbons (Fsp3) is 0.278. The molecule has 1 fully saturated rings. The molecule has 3 rings (SSSR count). The number of ether oxygens (including phenoxy) is 1. The summed E-state index contributed by atoms with van der Waals surface area (Å²) < 4.78 is 35.2. The van der Waals surface area contributed by atoms with Crippen molar-refractivity contribution in [2.75, 3.05) is 26.3 Å². The number of hydrogen-bond acceptors (Lipinski definition) is 3. The molecule has 0 aromatic heterocycles. The van der Waals surface area contributed by atoms with Gasteiger partial charge in [-0.15, -0.1) is 4.40 Å². The highest BCUT2D eigenvalue weighted by atomic mass is 32.2. The molecule has 2 aromatic carbocycles. The van der Waals surface area contributed by atoms with Gasteiger partial charge in [-0.3, -0.25) is 0 Å². The molecule has 0 unspecified atom stereocenters. The maximum absolute atomic E-state index is 12.8. The summed E-state index contributed by atoms with van der Waals surface area (Å²) in [5, 5.41) is 0. The summed E-state index contributed by atoms with van der Waals surface area (Å²) in [6, 6.07) is 16.3. The summed E-state index contributed by atoms with van der Waals surface area (Å²) in [4.78, 5) is 2.21. The first-order valence-corrected chi connectivity index (χ1v) is 9.31. The maximum Gasteiger partial charge on any atom is 0.284 e. The first-order valence-electron chi connectivity index (χ1n) is 7.87. The van der Waals surface area contributed by atoms with Crippen molar-refractivity contribution in [2.24, 2.45) is 4.40 Å². The predicted molar refractivity (Wildman–Crippen MR) is 93.7 cm³/mol. The van der Waals surface area contributed by atoms with Crippen LogP contribution in [0.25, 0.3) is 0 Å². The Balaban J connectivity index is 2.07. The molecular formula is C18H20N2O3S. The van der Waals surface area contributed by atoms with Crippen molar-refractivity contribution in [3.05, 3.63) is 65.7 Å².